The van der Waals surface area contributed by atoms with Crippen molar-refractivity contribution in [1.29, 1.82) is 0 Å². The number of nitrogens with zero attached hydrogens (tertiary/aromatic N) is 2. The van der Waals surface area contributed by atoms with Crippen molar-refractivity contribution in [2.24, 2.45) is 10.9 Å². The standard InChI is InChI=1S/C21H28N2/c1-4-5-15-23-20(17-19-11-7-6-8-12-19)13-9-10-14-22-21(23)16-18(2)3/h4-14,18,21H,15-17H2,1-3H3/b5-4-,10-9-,20-13-,22-14?. The first kappa shape index (κ1) is 17.3. The SMILES string of the molecule is C/C=C\CN1/C(Cc2ccccc2)=C\C=C/C=NC1CC(C)C. The van der Waals surface area contributed by atoms with Crippen molar-refractivity contribution in [3.8, 4) is 0 Å². The summed E-state index contributed by atoms with van der Waals surface area (Å²) >= 11 is 0. The zero-order chi connectivity index (χ0) is 16.5. The fourth-order valence-electron chi connectivity index (χ4n) is 2.77. The van der Waals surface area contributed by atoms with Crippen LogP contribution in [0.5, 0.6) is 0 Å². The molecular formula is C21H28N2. The van der Waals surface area contributed by atoms with Crippen molar-refractivity contribution in [3.63, 3.8) is 0 Å². The number of benzene rings is 1. The van der Waals surface area contributed by atoms with E-state index in [1.54, 1.807) is 0 Å². The molecule has 1 aliphatic heterocycles. The summed E-state index contributed by atoms with van der Waals surface area (Å²) in [5.41, 5.74) is 2.67. The van der Waals surface area contributed by atoms with E-state index in [4.69, 9.17) is 4.99 Å². The molecule has 23 heavy (non-hydrogen) atoms. The van der Waals surface area contributed by atoms with Gasteiger partial charge in [-0.3, -0.25) is 4.99 Å². The van der Waals surface area contributed by atoms with Crippen LogP contribution in [-0.4, -0.2) is 23.8 Å². The second kappa shape index (κ2) is 9.14. The van der Waals surface area contributed by atoms with Gasteiger partial charge in [-0.2, -0.15) is 0 Å². The van der Waals surface area contributed by atoms with E-state index in [-0.39, 0.29) is 6.17 Å². The van der Waals surface area contributed by atoms with Gasteiger partial charge in [-0.05, 0) is 37.0 Å². The Bertz CT molecular complexity index is 579. The van der Waals surface area contributed by atoms with Crippen LogP contribution >= 0.6 is 0 Å². The Labute approximate surface area is 140 Å². The van der Waals surface area contributed by atoms with Crippen LogP contribution in [0.15, 0.2) is 71.4 Å². The molecule has 1 atom stereocenters. The molecule has 2 nitrogen and oxygen atoms in total. The summed E-state index contributed by atoms with van der Waals surface area (Å²) in [6.45, 7) is 7.50. The van der Waals surface area contributed by atoms with Crippen LogP contribution < -0.4 is 0 Å². The highest BCUT2D eigenvalue weighted by Crippen LogP contribution is 2.22. The van der Waals surface area contributed by atoms with E-state index in [0.29, 0.717) is 5.92 Å². The fraction of sp³-hybridized carbons (Fsp3) is 0.381. The van der Waals surface area contributed by atoms with Gasteiger partial charge < -0.3 is 4.90 Å². The number of hydrogen-bond donors (Lipinski definition) is 0. The first-order valence-corrected chi connectivity index (χ1v) is 8.51. The average Bonchev–Trinajstić information content (AvgIpc) is 2.52. The van der Waals surface area contributed by atoms with Crippen LogP contribution in [0, 0.1) is 5.92 Å². The quantitative estimate of drug-likeness (QED) is 0.675. The van der Waals surface area contributed by atoms with Gasteiger partial charge >= 0.3 is 0 Å². The smallest absolute Gasteiger partial charge is 0.121 e. The Balaban J connectivity index is 2.29. The topological polar surface area (TPSA) is 15.6 Å². The monoisotopic (exact) mass is 308 g/mol. The molecule has 2 rings (SSSR count). The van der Waals surface area contributed by atoms with Crippen LogP contribution in [0.25, 0.3) is 0 Å². The molecular weight excluding hydrogens is 280 g/mol. The molecule has 1 aromatic carbocycles. The Morgan fingerprint density at radius 3 is 2.65 bits per heavy atom. The Kier molecular flexibility index (Phi) is 6.86. The van der Waals surface area contributed by atoms with E-state index in [1.165, 1.54) is 11.3 Å². The minimum absolute atomic E-state index is 0.200. The van der Waals surface area contributed by atoms with Crippen molar-refractivity contribution in [3.05, 3.63) is 72.0 Å². The lowest BCUT2D eigenvalue weighted by Crippen LogP contribution is -2.35. The van der Waals surface area contributed by atoms with Gasteiger partial charge in [0.15, 0.2) is 0 Å². The van der Waals surface area contributed by atoms with Gasteiger partial charge in [0, 0.05) is 24.9 Å². The summed E-state index contributed by atoms with van der Waals surface area (Å²) in [6.07, 6.45) is 14.8. The van der Waals surface area contributed by atoms with Crippen molar-refractivity contribution in [2.45, 2.75) is 39.8 Å². The summed E-state index contributed by atoms with van der Waals surface area (Å²) in [7, 11) is 0. The number of aliphatic imine (C=N–C) groups is 1. The minimum Gasteiger partial charge on any atom is -0.349 e. The molecule has 1 heterocycles. The van der Waals surface area contributed by atoms with E-state index in [9.17, 15) is 0 Å². The van der Waals surface area contributed by atoms with Gasteiger partial charge in [-0.15, -0.1) is 0 Å². The molecule has 0 radical (unpaired) electrons. The second-order valence-electron chi connectivity index (χ2n) is 6.33. The third-order valence-corrected chi connectivity index (χ3v) is 3.92. The molecule has 0 spiro atoms. The normalized spacial score (nSPS) is 22.0. The predicted molar refractivity (Wildman–Crippen MR) is 101 cm³/mol. The maximum absolute atomic E-state index is 4.79. The number of rotatable bonds is 6. The van der Waals surface area contributed by atoms with Gasteiger partial charge in [0.05, 0.1) is 0 Å². The summed E-state index contributed by atoms with van der Waals surface area (Å²) in [5, 5.41) is 0. The predicted octanol–water partition coefficient (Wildman–Crippen LogP) is 5.00. The second-order valence-corrected chi connectivity index (χ2v) is 6.33. The van der Waals surface area contributed by atoms with Gasteiger partial charge in [-0.1, -0.05) is 62.4 Å². The molecule has 0 saturated carbocycles. The Morgan fingerprint density at radius 2 is 1.96 bits per heavy atom. The minimum atomic E-state index is 0.200. The molecule has 0 N–H and O–H groups in total. The highest BCUT2D eigenvalue weighted by molar-refractivity contribution is 5.72. The van der Waals surface area contributed by atoms with Crippen LogP contribution in [0.3, 0.4) is 0 Å². The molecule has 1 aromatic rings. The van der Waals surface area contributed by atoms with Crippen LogP contribution in [0.1, 0.15) is 32.8 Å². The highest BCUT2D eigenvalue weighted by atomic mass is 15.2. The first-order valence-electron chi connectivity index (χ1n) is 8.51. The fourth-order valence-corrected chi connectivity index (χ4v) is 2.77. The maximum Gasteiger partial charge on any atom is 0.121 e. The van der Waals surface area contributed by atoms with Crippen LogP contribution in [0.4, 0.5) is 0 Å². The van der Waals surface area contributed by atoms with Crippen molar-refractivity contribution < 1.29 is 0 Å². The van der Waals surface area contributed by atoms with Gasteiger partial charge in [0.2, 0.25) is 0 Å². The highest BCUT2D eigenvalue weighted by Gasteiger charge is 2.20. The summed E-state index contributed by atoms with van der Waals surface area (Å²) in [5.74, 6) is 0.617. The van der Waals surface area contributed by atoms with E-state index in [1.807, 2.05) is 12.3 Å². The molecule has 0 fully saturated rings. The maximum atomic E-state index is 4.79. The van der Waals surface area contributed by atoms with Crippen molar-refractivity contribution in [1.82, 2.24) is 4.90 Å². The lowest BCUT2D eigenvalue weighted by Gasteiger charge is -2.34. The van der Waals surface area contributed by atoms with Crippen molar-refractivity contribution in [2.75, 3.05) is 6.54 Å². The molecule has 0 bridgehead atoms. The molecule has 122 valence electrons. The lowest BCUT2D eigenvalue weighted by atomic mass is 10.0. The van der Waals surface area contributed by atoms with Crippen LogP contribution in [-0.2, 0) is 6.42 Å². The molecule has 0 aliphatic carbocycles. The zero-order valence-electron chi connectivity index (χ0n) is 14.5. The van der Waals surface area contributed by atoms with Crippen molar-refractivity contribution >= 4 is 6.21 Å². The molecule has 1 aliphatic rings. The first-order chi connectivity index (χ1) is 11.2. The summed E-state index contributed by atoms with van der Waals surface area (Å²) in [4.78, 5) is 7.23. The molecule has 1 unspecified atom stereocenters. The molecule has 0 saturated heterocycles. The molecule has 2 heteroatoms. The van der Waals surface area contributed by atoms with Gasteiger partial charge in [-0.25, -0.2) is 0 Å². The van der Waals surface area contributed by atoms with Gasteiger partial charge in [0.25, 0.3) is 0 Å². The largest absolute Gasteiger partial charge is 0.349 e. The van der Waals surface area contributed by atoms with E-state index < -0.39 is 0 Å². The Morgan fingerprint density at radius 1 is 1.17 bits per heavy atom. The van der Waals surface area contributed by atoms with E-state index in [2.05, 4.69) is 80.3 Å². The third-order valence-electron chi connectivity index (χ3n) is 3.92. The van der Waals surface area contributed by atoms with Crippen LogP contribution in [0.2, 0.25) is 0 Å². The molecule has 0 amide bonds. The molecule has 0 aromatic heterocycles. The average molecular weight is 308 g/mol. The number of allylic oxidation sites excluding steroid dienone is 5. The van der Waals surface area contributed by atoms with Gasteiger partial charge in [0.1, 0.15) is 6.17 Å². The van der Waals surface area contributed by atoms with E-state index in [0.717, 1.165) is 19.4 Å². The number of hydrogen-bond acceptors (Lipinski definition) is 2. The summed E-state index contributed by atoms with van der Waals surface area (Å²) < 4.78 is 0. The third kappa shape index (κ3) is 5.55. The Hall–Kier alpha value is -2.09. The zero-order valence-corrected chi connectivity index (χ0v) is 14.5. The summed E-state index contributed by atoms with van der Waals surface area (Å²) in [6, 6.07) is 10.7. The lowest BCUT2D eigenvalue weighted by molar-refractivity contribution is 0.244. The van der Waals surface area contributed by atoms with E-state index >= 15 is 0 Å².